The minimum absolute atomic E-state index is 0.113. The number of hydrogen-bond donors (Lipinski definition) is 2. The van der Waals surface area contributed by atoms with E-state index >= 15 is 0 Å². The van der Waals surface area contributed by atoms with Crippen LogP contribution in [0.1, 0.15) is 52.9 Å². The maximum absolute atomic E-state index is 11.9. The van der Waals surface area contributed by atoms with Crippen molar-refractivity contribution in [1.29, 1.82) is 0 Å². The molecule has 0 saturated heterocycles. The van der Waals surface area contributed by atoms with Crippen molar-refractivity contribution in [2.75, 3.05) is 0 Å². The molecule has 0 aliphatic heterocycles. The van der Waals surface area contributed by atoms with Crippen molar-refractivity contribution in [3.63, 3.8) is 0 Å². The standard InChI is InChI=1S/C13H21NO3/c1-9(10(2)12(16)17)11(15)14-13(3)7-5-4-6-8-13/h4-8H2,1-3H3,(H,14,15)(H,16,17). The molecule has 0 bridgehead atoms. The van der Waals surface area contributed by atoms with Crippen molar-refractivity contribution in [1.82, 2.24) is 5.32 Å². The predicted molar refractivity (Wildman–Crippen MR) is 65.6 cm³/mol. The van der Waals surface area contributed by atoms with Crippen molar-refractivity contribution in [3.05, 3.63) is 11.1 Å². The number of carboxylic acids is 1. The van der Waals surface area contributed by atoms with Crippen LogP contribution in [0.2, 0.25) is 0 Å². The van der Waals surface area contributed by atoms with E-state index in [2.05, 4.69) is 5.32 Å². The molecular formula is C13H21NO3. The monoisotopic (exact) mass is 239 g/mol. The zero-order valence-electron chi connectivity index (χ0n) is 10.8. The highest BCUT2D eigenvalue weighted by Gasteiger charge is 2.29. The average Bonchev–Trinajstić information content (AvgIpc) is 2.27. The van der Waals surface area contributed by atoms with Gasteiger partial charge in [0.05, 0.1) is 0 Å². The van der Waals surface area contributed by atoms with Gasteiger partial charge in [-0.2, -0.15) is 0 Å². The van der Waals surface area contributed by atoms with Crippen LogP contribution < -0.4 is 5.32 Å². The van der Waals surface area contributed by atoms with Crippen molar-refractivity contribution < 1.29 is 14.7 Å². The van der Waals surface area contributed by atoms with Gasteiger partial charge in [-0.05, 0) is 33.6 Å². The maximum atomic E-state index is 11.9. The third-order valence-electron chi connectivity index (χ3n) is 3.60. The van der Waals surface area contributed by atoms with Crippen LogP contribution >= 0.6 is 0 Å². The molecule has 0 radical (unpaired) electrons. The van der Waals surface area contributed by atoms with Crippen molar-refractivity contribution in [2.24, 2.45) is 0 Å². The normalized spacial score (nSPS) is 20.4. The van der Waals surface area contributed by atoms with E-state index in [1.165, 1.54) is 13.3 Å². The highest BCUT2D eigenvalue weighted by Crippen LogP contribution is 2.27. The molecule has 1 aliphatic rings. The van der Waals surface area contributed by atoms with Gasteiger partial charge >= 0.3 is 5.97 Å². The van der Waals surface area contributed by atoms with Crippen LogP contribution in [0, 0.1) is 0 Å². The lowest BCUT2D eigenvalue weighted by Crippen LogP contribution is -2.47. The minimum atomic E-state index is -1.04. The molecule has 1 aliphatic carbocycles. The quantitative estimate of drug-likeness (QED) is 0.742. The first-order valence-corrected chi connectivity index (χ1v) is 6.09. The van der Waals surface area contributed by atoms with E-state index in [9.17, 15) is 9.59 Å². The lowest BCUT2D eigenvalue weighted by Gasteiger charge is -2.34. The Hall–Kier alpha value is -1.32. The molecule has 1 saturated carbocycles. The Bertz CT molecular complexity index is 352. The minimum Gasteiger partial charge on any atom is -0.478 e. The van der Waals surface area contributed by atoms with E-state index in [4.69, 9.17) is 5.11 Å². The molecule has 1 fully saturated rings. The van der Waals surface area contributed by atoms with Crippen molar-refractivity contribution in [2.45, 2.75) is 58.4 Å². The highest BCUT2D eigenvalue weighted by molar-refractivity contribution is 6.01. The summed E-state index contributed by atoms with van der Waals surface area (Å²) >= 11 is 0. The molecule has 2 N–H and O–H groups in total. The number of carbonyl (C=O) groups is 2. The number of rotatable bonds is 3. The number of aliphatic carboxylic acids is 1. The van der Waals surface area contributed by atoms with Crippen LogP contribution in [-0.4, -0.2) is 22.5 Å². The Morgan fingerprint density at radius 2 is 1.59 bits per heavy atom. The lowest BCUT2D eigenvalue weighted by atomic mass is 9.83. The van der Waals surface area contributed by atoms with Gasteiger partial charge in [0.1, 0.15) is 0 Å². The fraction of sp³-hybridized carbons (Fsp3) is 0.692. The van der Waals surface area contributed by atoms with Crippen LogP contribution in [0.5, 0.6) is 0 Å². The smallest absolute Gasteiger partial charge is 0.331 e. The molecule has 1 amide bonds. The highest BCUT2D eigenvalue weighted by atomic mass is 16.4. The number of hydrogen-bond acceptors (Lipinski definition) is 2. The summed E-state index contributed by atoms with van der Waals surface area (Å²) in [4.78, 5) is 22.7. The average molecular weight is 239 g/mol. The summed E-state index contributed by atoms with van der Waals surface area (Å²) in [5.41, 5.74) is 0.237. The Kier molecular flexibility index (Phi) is 4.32. The molecule has 0 aromatic rings. The zero-order chi connectivity index (χ0) is 13.1. The third kappa shape index (κ3) is 3.58. The van der Waals surface area contributed by atoms with Crippen LogP contribution in [0.25, 0.3) is 0 Å². The first-order chi connectivity index (χ1) is 7.86. The topological polar surface area (TPSA) is 66.4 Å². The molecular weight excluding hydrogens is 218 g/mol. The van der Waals surface area contributed by atoms with Gasteiger partial charge in [0.2, 0.25) is 5.91 Å². The van der Waals surface area contributed by atoms with Gasteiger partial charge in [-0.15, -0.1) is 0 Å². The summed E-state index contributed by atoms with van der Waals surface area (Å²) in [6.07, 6.45) is 5.40. The Morgan fingerprint density at radius 3 is 2.06 bits per heavy atom. The Morgan fingerprint density at radius 1 is 1.06 bits per heavy atom. The van der Waals surface area contributed by atoms with E-state index in [-0.39, 0.29) is 17.0 Å². The molecule has 0 unspecified atom stereocenters. The van der Waals surface area contributed by atoms with Crippen LogP contribution in [0.3, 0.4) is 0 Å². The van der Waals surface area contributed by atoms with Crippen LogP contribution in [-0.2, 0) is 9.59 Å². The Labute approximate surface area is 102 Å². The summed E-state index contributed by atoms with van der Waals surface area (Å²) in [6, 6.07) is 0. The van der Waals surface area contributed by atoms with E-state index in [1.54, 1.807) is 6.92 Å². The summed E-state index contributed by atoms with van der Waals surface area (Å²) in [7, 11) is 0. The lowest BCUT2D eigenvalue weighted by molar-refractivity contribution is -0.133. The Balaban J connectivity index is 2.72. The van der Waals surface area contributed by atoms with Crippen LogP contribution in [0.15, 0.2) is 11.1 Å². The van der Waals surface area contributed by atoms with Gasteiger partial charge in [0.25, 0.3) is 0 Å². The second kappa shape index (κ2) is 5.34. The van der Waals surface area contributed by atoms with E-state index in [0.717, 1.165) is 25.7 Å². The molecule has 1 rings (SSSR count). The second-order valence-electron chi connectivity index (χ2n) is 5.13. The molecule has 17 heavy (non-hydrogen) atoms. The van der Waals surface area contributed by atoms with Crippen molar-refractivity contribution in [3.8, 4) is 0 Å². The summed E-state index contributed by atoms with van der Waals surface area (Å²) in [5.74, 6) is -1.29. The SMILES string of the molecule is CC(C(=O)O)=C(C)C(=O)NC1(C)CCCCC1. The summed E-state index contributed by atoms with van der Waals surface area (Å²) in [5, 5.41) is 11.8. The van der Waals surface area contributed by atoms with E-state index < -0.39 is 5.97 Å². The number of nitrogens with one attached hydrogen (secondary N) is 1. The summed E-state index contributed by atoms with van der Waals surface area (Å²) in [6.45, 7) is 5.05. The maximum Gasteiger partial charge on any atom is 0.331 e. The zero-order valence-corrected chi connectivity index (χ0v) is 10.8. The van der Waals surface area contributed by atoms with Crippen molar-refractivity contribution >= 4 is 11.9 Å². The molecule has 96 valence electrons. The van der Waals surface area contributed by atoms with Gasteiger partial charge in [-0.1, -0.05) is 19.3 Å². The molecule has 0 aromatic carbocycles. The van der Waals surface area contributed by atoms with Gasteiger partial charge < -0.3 is 10.4 Å². The molecule has 4 heteroatoms. The summed E-state index contributed by atoms with van der Waals surface area (Å²) < 4.78 is 0. The first-order valence-electron chi connectivity index (χ1n) is 6.09. The number of carboxylic acid groups (broad SMARTS) is 1. The van der Waals surface area contributed by atoms with Gasteiger partial charge in [0, 0.05) is 16.7 Å². The van der Waals surface area contributed by atoms with E-state index in [1.807, 2.05) is 6.92 Å². The van der Waals surface area contributed by atoms with Gasteiger partial charge in [-0.25, -0.2) is 4.79 Å². The van der Waals surface area contributed by atoms with E-state index in [0.29, 0.717) is 5.57 Å². The molecule has 0 spiro atoms. The number of carbonyl (C=O) groups excluding carboxylic acids is 1. The second-order valence-corrected chi connectivity index (χ2v) is 5.13. The predicted octanol–water partition coefficient (Wildman–Crippen LogP) is 2.25. The fourth-order valence-corrected chi connectivity index (χ4v) is 2.16. The molecule has 4 nitrogen and oxygen atoms in total. The third-order valence-corrected chi connectivity index (χ3v) is 3.60. The number of amides is 1. The molecule has 0 heterocycles. The largest absolute Gasteiger partial charge is 0.478 e. The molecule has 0 aromatic heterocycles. The fourth-order valence-electron chi connectivity index (χ4n) is 2.16. The van der Waals surface area contributed by atoms with Gasteiger partial charge in [-0.3, -0.25) is 4.79 Å². The first kappa shape index (κ1) is 13.7. The van der Waals surface area contributed by atoms with Crippen LogP contribution in [0.4, 0.5) is 0 Å². The molecule has 0 atom stereocenters. The van der Waals surface area contributed by atoms with Gasteiger partial charge in [0.15, 0.2) is 0 Å².